The van der Waals surface area contributed by atoms with Gasteiger partial charge in [-0.05, 0) is 56.2 Å². The monoisotopic (exact) mass is 391 g/mol. The van der Waals surface area contributed by atoms with Crippen molar-refractivity contribution >= 4 is 29.1 Å². The van der Waals surface area contributed by atoms with Crippen LogP contribution in [0.25, 0.3) is 0 Å². The van der Waals surface area contributed by atoms with Crippen molar-refractivity contribution in [1.82, 2.24) is 5.01 Å². The van der Waals surface area contributed by atoms with Crippen LogP contribution < -0.4 is 10.2 Å². The summed E-state index contributed by atoms with van der Waals surface area (Å²) in [6, 6.07) is 10.9. The lowest BCUT2D eigenvalue weighted by Crippen LogP contribution is -2.43. The molecule has 8 heteroatoms. The smallest absolute Gasteiger partial charge is 0.263 e. The minimum Gasteiger partial charge on any atom is -0.324 e. The summed E-state index contributed by atoms with van der Waals surface area (Å²) >= 11 is 0. The molecule has 0 spiro atoms. The Kier molecular flexibility index (Phi) is 4.62. The number of nitrogens with one attached hydrogen (secondary N) is 1. The summed E-state index contributed by atoms with van der Waals surface area (Å²) in [7, 11) is 0. The van der Waals surface area contributed by atoms with Crippen LogP contribution in [-0.2, 0) is 14.4 Å². The van der Waals surface area contributed by atoms with E-state index in [2.05, 4.69) is 15.7 Å². The highest BCUT2D eigenvalue weighted by Crippen LogP contribution is 2.31. The van der Waals surface area contributed by atoms with E-state index in [-0.39, 0.29) is 12.5 Å². The SMILES string of the molecule is Cc1ccc(N2C(=O)[C@@H]3[C@@H](N=NN3CC(=O)Nc3ccc(C)c(C)c3)C2=O)cc1. The molecule has 2 atom stereocenters. The number of carbonyl (C=O) groups is 3. The summed E-state index contributed by atoms with van der Waals surface area (Å²) in [6.07, 6.45) is 0. The van der Waals surface area contributed by atoms with Gasteiger partial charge in [-0.25, -0.2) is 4.90 Å². The van der Waals surface area contributed by atoms with E-state index >= 15 is 0 Å². The molecule has 0 aromatic heterocycles. The molecule has 29 heavy (non-hydrogen) atoms. The summed E-state index contributed by atoms with van der Waals surface area (Å²) in [5, 5.41) is 11.9. The standard InChI is InChI=1S/C21H21N5O3/c1-12-4-8-16(9-5-12)26-20(28)18-19(21(26)29)25(24-23-18)11-17(27)22-15-7-6-13(2)14(3)10-15/h4-10,18-19H,11H2,1-3H3,(H,22,27)/t18-,19+/m1/s1. The summed E-state index contributed by atoms with van der Waals surface area (Å²) in [5.41, 5.74) is 4.38. The van der Waals surface area contributed by atoms with E-state index in [9.17, 15) is 14.4 Å². The fourth-order valence-corrected chi connectivity index (χ4v) is 3.47. The summed E-state index contributed by atoms with van der Waals surface area (Å²) in [6.45, 7) is 5.72. The predicted octanol–water partition coefficient (Wildman–Crippen LogP) is 2.54. The average Bonchev–Trinajstić information content (AvgIpc) is 3.19. The highest BCUT2D eigenvalue weighted by molar-refractivity contribution is 6.25. The molecule has 4 rings (SSSR count). The third-order valence-corrected chi connectivity index (χ3v) is 5.25. The minimum absolute atomic E-state index is 0.168. The Morgan fingerprint density at radius 3 is 2.41 bits per heavy atom. The molecule has 2 aromatic carbocycles. The summed E-state index contributed by atoms with van der Waals surface area (Å²) in [5.74, 6) is -1.18. The van der Waals surface area contributed by atoms with E-state index in [0.717, 1.165) is 21.6 Å². The van der Waals surface area contributed by atoms with Crippen molar-refractivity contribution < 1.29 is 14.4 Å². The molecule has 3 amide bonds. The zero-order valence-electron chi connectivity index (χ0n) is 16.4. The van der Waals surface area contributed by atoms with Crippen LogP contribution in [0.15, 0.2) is 52.8 Å². The first-order valence-corrected chi connectivity index (χ1v) is 9.34. The van der Waals surface area contributed by atoms with Crippen LogP contribution in [0, 0.1) is 20.8 Å². The van der Waals surface area contributed by atoms with Crippen LogP contribution in [-0.4, -0.2) is 41.4 Å². The van der Waals surface area contributed by atoms with Gasteiger partial charge in [0.2, 0.25) is 5.91 Å². The number of rotatable bonds is 4. The molecule has 148 valence electrons. The normalized spacial score (nSPS) is 20.4. The van der Waals surface area contributed by atoms with Gasteiger partial charge >= 0.3 is 0 Å². The number of hydrogen-bond acceptors (Lipinski definition) is 6. The van der Waals surface area contributed by atoms with E-state index in [1.54, 1.807) is 12.1 Å². The van der Waals surface area contributed by atoms with E-state index in [1.165, 1.54) is 5.01 Å². The number of nitrogens with zero attached hydrogens (tertiary/aromatic N) is 4. The fourth-order valence-electron chi connectivity index (χ4n) is 3.47. The van der Waals surface area contributed by atoms with Crippen molar-refractivity contribution in [3.05, 3.63) is 59.2 Å². The lowest BCUT2D eigenvalue weighted by atomic mass is 10.1. The van der Waals surface area contributed by atoms with Gasteiger partial charge in [-0.1, -0.05) is 29.0 Å². The fraction of sp³-hybridized carbons (Fsp3) is 0.286. The lowest BCUT2D eigenvalue weighted by Gasteiger charge is -2.20. The summed E-state index contributed by atoms with van der Waals surface area (Å²) < 4.78 is 0. The van der Waals surface area contributed by atoms with Crippen LogP contribution in [0.4, 0.5) is 11.4 Å². The molecule has 2 aliphatic rings. The third kappa shape index (κ3) is 3.37. The van der Waals surface area contributed by atoms with Crippen molar-refractivity contribution in [2.24, 2.45) is 10.3 Å². The molecular formula is C21H21N5O3. The van der Waals surface area contributed by atoms with Crippen molar-refractivity contribution in [1.29, 1.82) is 0 Å². The second-order valence-corrected chi connectivity index (χ2v) is 7.39. The van der Waals surface area contributed by atoms with E-state index in [0.29, 0.717) is 11.4 Å². The Morgan fingerprint density at radius 1 is 1.00 bits per heavy atom. The average molecular weight is 391 g/mol. The maximum atomic E-state index is 12.9. The Bertz CT molecular complexity index is 1030. The molecule has 2 aromatic rings. The number of amides is 3. The van der Waals surface area contributed by atoms with Crippen molar-refractivity contribution in [3.8, 4) is 0 Å². The maximum Gasteiger partial charge on any atom is 0.263 e. The van der Waals surface area contributed by atoms with Gasteiger partial charge in [0.1, 0.15) is 6.54 Å². The van der Waals surface area contributed by atoms with E-state index in [1.807, 2.05) is 51.1 Å². The van der Waals surface area contributed by atoms with Crippen molar-refractivity contribution in [2.75, 3.05) is 16.8 Å². The number of imide groups is 1. The zero-order valence-corrected chi connectivity index (χ0v) is 16.4. The van der Waals surface area contributed by atoms with Gasteiger partial charge in [0.05, 0.1) is 5.69 Å². The van der Waals surface area contributed by atoms with Gasteiger partial charge in [0.15, 0.2) is 12.1 Å². The highest BCUT2D eigenvalue weighted by Gasteiger charge is 2.55. The second kappa shape index (κ2) is 7.12. The molecule has 2 heterocycles. The first kappa shape index (κ1) is 18.8. The number of benzene rings is 2. The number of carbonyl (C=O) groups excluding carboxylic acids is 3. The molecule has 0 bridgehead atoms. The number of fused-ring (bicyclic) bond motifs is 1. The van der Waals surface area contributed by atoms with Gasteiger partial charge < -0.3 is 5.32 Å². The maximum absolute atomic E-state index is 12.9. The van der Waals surface area contributed by atoms with Gasteiger partial charge in [-0.15, -0.1) is 0 Å². The number of hydrogen-bond donors (Lipinski definition) is 1. The van der Waals surface area contributed by atoms with Crippen LogP contribution in [0.2, 0.25) is 0 Å². The molecule has 1 N–H and O–H groups in total. The Labute approximate surface area is 168 Å². The topological polar surface area (TPSA) is 94.4 Å². The first-order valence-electron chi connectivity index (χ1n) is 9.34. The van der Waals surface area contributed by atoms with E-state index < -0.39 is 23.9 Å². The molecule has 0 aliphatic carbocycles. The van der Waals surface area contributed by atoms with Gasteiger partial charge in [0, 0.05) is 5.69 Å². The minimum atomic E-state index is -0.918. The number of anilines is 2. The second-order valence-electron chi connectivity index (χ2n) is 7.39. The Hall–Kier alpha value is -3.55. The van der Waals surface area contributed by atoms with Crippen LogP contribution in [0.3, 0.4) is 0 Å². The third-order valence-electron chi connectivity index (χ3n) is 5.25. The molecule has 0 radical (unpaired) electrons. The van der Waals surface area contributed by atoms with Gasteiger partial charge in [0.25, 0.3) is 11.8 Å². The van der Waals surface area contributed by atoms with Crippen molar-refractivity contribution in [2.45, 2.75) is 32.9 Å². The van der Waals surface area contributed by atoms with Gasteiger partial charge in [-0.2, -0.15) is 5.11 Å². The highest BCUT2D eigenvalue weighted by atomic mass is 16.2. The van der Waals surface area contributed by atoms with Crippen molar-refractivity contribution in [3.63, 3.8) is 0 Å². The van der Waals surface area contributed by atoms with E-state index in [4.69, 9.17) is 0 Å². The molecule has 0 saturated carbocycles. The van der Waals surface area contributed by atoms with Gasteiger partial charge in [-0.3, -0.25) is 19.4 Å². The zero-order chi connectivity index (χ0) is 20.7. The summed E-state index contributed by atoms with van der Waals surface area (Å²) in [4.78, 5) is 39.2. The van der Waals surface area contributed by atoms with Crippen LogP contribution in [0.1, 0.15) is 16.7 Å². The quantitative estimate of drug-likeness (QED) is 0.811. The molecular weight excluding hydrogens is 370 g/mol. The van der Waals surface area contributed by atoms with Crippen LogP contribution >= 0.6 is 0 Å². The first-order chi connectivity index (χ1) is 13.8. The number of aryl methyl sites for hydroxylation is 3. The molecule has 0 unspecified atom stereocenters. The molecule has 8 nitrogen and oxygen atoms in total. The van der Waals surface area contributed by atoms with Crippen LogP contribution in [0.5, 0.6) is 0 Å². The molecule has 2 aliphatic heterocycles. The Balaban J connectivity index is 1.48. The predicted molar refractivity (Wildman–Crippen MR) is 107 cm³/mol. The molecule has 1 fully saturated rings. The molecule has 1 saturated heterocycles. The Morgan fingerprint density at radius 2 is 1.72 bits per heavy atom. The largest absolute Gasteiger partial charge is 0.324 e. The lowest BCUT2D eigenvalue weighted by molar-refractivity contribution is -0.123.